The highest BCUT2D eigenvalue weighted by atomic mass is 32.2. The monoisotopic (exact) mass is 436 g/mol. The number of anilines is 2. The Morgan fingerprint density at radius 1 is 1.07 bits per heavy atom. The van der Waals surface area contributed by atoms with Crippen molar-refractivity contribution >= 4 is 33.3 Å². The second-order valence-electron chi connectivity index (χ2n) is 6.12. The van der Waals surface area contributed by atoms with E-state index in [9.17, 15) is 18.0 Å². The smallest absolute Gasteiger partial charge is 0.340 e. The van der Waals surface area contributed by atoms with Crippen LogP contribution in [0.25, 0.3) is 0 Å². The zero-order valence-corrected chi connectivity index (χ0v) is 18.0. The van der Waals surface area contributed by atoms with Crippen molar-refractivity contribution in [3.05, 3.63) is 48.0 Å². The molecule has 0 saturated heterocycles. The molecule has 0 aliphatic carbocycles. The van der Waals surface area contributed by atoms with Gasteiger partial charge < -0.3 is 19.5 Å². The van der Waals surface area contributed by atoms with Gasteiger partial charge in [0.25, 0.3) is 0 Å². The number of benzene rings is 2. The average Bonchev–Trinajstić information content (AvgIpc) is 2.71. The number of hydrogen-bond donors (Lipinski definition) is 1. The highest BCUT2D eigenvalue weighted by Crippen LogP contribution is 2.33. The Bertz CT molecular complexity index is 1020. The molecule has 0 unspecified atom stereocenters. The van der Waals surface area contributed by atoms with E-state index in [0.717, 1.165) is 10.6 Å². The van der Waals surface area contributed by atoms with E-state index in [1.54, 1.807) is 31.2 Å². The summed E-state index contributed by atoms with van der Waals surface area (Å²) in [4.78, 5) is 24.8. The summed E-state index contributed by atoms with van der Waals surface area (Å²) in [5.41, 5.74) is 0.526. The molecule has 2 aromatic rings. The van der Waals surface area contributed by atoms with Crippen LogP contribution in [0.1, 0.15) is 17.3 Å². The number of carbonyl (C=O) groups excluding carboxylic acids is 2. The highest BCUT2D eigenvalue weighted by molar-refractivity contribution is 7.92. The van der Waals surface area contributed by atoms with Crippen molar-refractivity contribution in [2.45, 2.75) is 6.92 Å². The Morgan fingerprint density at radius 2 is 1.77 bits per heavy atom. The van der Waals surface area contributed by atoms with Gasteiger partial charge in [-0.15, -0.1) is 0 Å². The molecule has 162 valence electrons. The Kier molecular flexibility index (Phi) is 7.65. The zero-order chi connectivity index (χ0) is 22.3. The zero-order valence-electron chi connectivity index (χ0n) is 17.2. The first kappa shape index (κ1) is 23.0. The number of amides is 1. The molecule has 0 heterocycles. The van der Waals surface area contributed by atoms with E-state index >= 15 is 0 Å². The molecule has 0 radical (unpaired) electrons. The Labute approximate surface area is 175 Å². The summed E-state index contributed by atoms with van der Waals surface area (Å²) in [7, 11) is -1.02. The van der Waals surface area contributed by atoms with Crippen molar-refractivity contribution in [1.82, 2.24) is 0 Å². The first-order valence-corrected chi connectivity index (χ1v) is 10.8. The van der Waals surface area contributed by atoms with Gasteiger partial charge in [0.1, 0.15) is 18.0 Å². The van der Waals surface area contributed by atoms with E-state index in [-0.39, 0.29) is 29.3 Å². The van der Waals surface area contributed by atoms with Crippen LogP contribution in [0.5, 0.6) is 11.5 Å². The molecule has 0 aliphatic rings. The second kappa shape index (κ2) is 9.97. The van der Waals surface area contributed by atoms with Gasteiger partial charge in [0, 0.05) is 6.07 Å². The number of ether oxygens (including phenoxy) is 3. The van der Waals surface area contributed by atoms with Gasteiger partial charge in [-0.1, -0.05) is 12.1 Å². The molecule has 0 bridgehead atoms. The third-order valence-electron chi connectivity index (χ3n) is 4.04. The lowest BCUT2D eigenvalue weighted by atomic mass is 10.2. The SMILES string of the molecule is CCOC(=O)c1ccccc1NC(=O)CN(c1cc(OC)ccc1OC)S(C)(=O)=O. The number of rotatable bonds is 9. The fraction of sp³-hybridized carbons (Fsp3) is 0.300. The minimum Gasteiger partial charge on any atom is -0.497 e. The van der Waals surface area contributed by atoms with Crippen molar-refractivity contribution < 1.29 is 32.2 Å². The van der Waals surface area contributed by atoms with E-state index in [2.05, 4.69) is 5.32 Å². The summed E-state index contributed by atoms with van der Waals surface area (Å²) in [6, 6.07) is 10.9. The standard InChI is InChI=1S/C20H24N2O7S/c1-5-29-20(24)15-8-6-7-9-16(15)21-19(23)13-22(30(4,25)26)17-12-14(27-2)10-11-18(17)28-3/h6-12H,5,13H2,1-4H3,(H,21,23). The Morgan fingerprint density at radius 3 is 2.37 bits per heavy atom. The lowest BCUT2D eigenvalue weighted by Gasteiger charge is -2.24. The number of hydrogen-bond acceptors (Lipinski definition) is 7. The van der Waals surface area contributed by atoms with Crippen LogP contribution in [-0.2, 0) is 19.6 Å². The maximum Gasteiger partial charge on any atom is 0.340 e. The van der Waals surface area contributed by atoms with Crippen LogP contribution in [-0.4, -0.2) is 53.9 Å². The van der Waals surface area contributed by atoms with Gasteiger partial charge in [0.2, 0.25) is 15.9 Å². The molecule has 9 nitrogen and oxygen atoms in total. The fourth-order valence-corrected chi connectivity index (χ4v) is 3.52. The number of para-hydroxylation sites is 1. The number of carbonyl (C=O) groups is 2. The summed E-state index contributed by atoms with van der Waals surface area (Å²) >= 11 is 0. The molecule has 0 saturated carbocycles. The van der Waals surface area contributed by atoms with Crippen molar-refractivity contribution in [2.75, 3.05) is 43.2 Å². The third-order valence-corrected chi connectivity index (χ3v) is 5.17. The van der Waals surface area contributed by atoms with Crippen LogP contribution in [0.3, 0.4) is 0 Å². The van der Waals surface area contributed by atoms with Gasteiger partial charge in [-0.2, -0.15) is 0 Å². The van der Waals surface area contributed by atoms with E-state index in [4.69, 9.17) is 14.2 Å². The molecule has 0 aromatic heterocycles. The summed E-state index contributed by atoms with van der Waals surface area (Å²) in [5.74, 6) is -0.599. The molecule has 1 N–H and O–H groups in total. The predicted molar refractivity (Wildman–Crippen MR) is 113 cm³/mol. The molecule has 0 aliphatic heterocycles. The van der Waals surface area contributed by atoms with Crippen molar-refractivity contribution in [2.24, 2.45) is 0 Å². The minimum absolute atomic E-state index is 0.146. The largest absolute Gasteiger partial charge is 0.497 e. The van der Waals surface area contributed by atoms with Crippen LogP contribution in [0, 0.1) is 0 Å². The molecule has 2 aromatic carbocycles. The average molecular weight is 436 g/mol. The molecular weight excluding hydrogens is 412 g/mol. The van der Waals surface area contributed by atoms with Crippen LogP contribution < -0.4 is 19.1 Å². The molecule has 1 amide bonds. The van der Waals surface area contributed by atoms with Crippen LogP contribution in [0.15, 0.2) is 42.5 Å². The summed E-state index contributed by atoms with van der Waals surface area (Å²) in [5, 5.41) is 2.57. The third kappa shape index (κ3) is 5.63. The van der Waals surface area contributed by atoms with Crippen molar-refractivity contribution in [3.63, 3.8) is 0 Å². The van der Waals surface area contributed by atoms with Gasteiger partial charge in [-0.05, 0) is 31.2 Å². The lowest BCUT2D eigenvalue weighted by Crippen LogP contribution is -2.37. The van der Waals surface area contributed by atoms with Gasteiger partial charge in [-0.25, -0.2) is 13.2 Å². The first-order chi connectivity index (χ1) is 14.2. The van der Waals surface area contributed by atoms with Gasteiger partial charge >= 0.3 is 5.97 Å². The van der Waals surface area contributed by atoms with Crippen molar-refractivity contribution in [3.8, 4) is 11.5 Å². The number of esters is 1. The van der Waals surface area contributed by atoms with Crippen LogP contribution >= 0.6 is 0 Å². The van der Waals surface area contributed by atoms with Gasteiger partial charge in [0.05, 0.1) is 44.0 Å². The topological polar surface area (TPSA) is 111 Å². The van der Waals surface area contributed by atoms with Gasteiger partial charge in [-0.3, -0.25) is 9.10 Å². The molecule has 2 rings (SSSR count). The molecule has 10 heteroatoms. The van der Waals surface area contributed by atoms with E-state index in [1.165, 1.54) is 32.4 Å². The maximum atomic E-state index is 12.7. The maximum absolute atomic E-state index is 12.7. The van der Waals surface area contributed by atoms with E-state index in [0.29, 0.717) is 5.75 Å². The number of nitrogens with one attached hydrogen (secondary N) is 1. The number of nitrogens with zero attached hydrogens (tertiary/aromatic N) is 1. The minimum atomic E-state index is -3.85. The summed E-state index contributed by atoms with van der Waals surface area (Å²) in [6.07, 6.45) is 0.978. The lowest BCUT2D eigenvalue weighted by molar-refractivity contribution is -0.114. The second-order valence-corrected chi connectivity index (χ2v) is 8.03. The summed E-state index contributed by atoms with van der Waals surface area (Å²) < 4.78 is 41.1. The van der Waals surface area contributed by atoms with Crippen LogP contribution in [0.4, 0.5) is 11.4 Å². The number of methoxy groups -OCH3 is 2. The van der Waals surface area contributed by atoms with Crippen LogP contribution in [0.2, 0.25) is 0 Å². The van der Waals surface area contributed by atoms with Gasteiger partial charge in [0.15, 0.2) is 0 Å². The number of sulfonamides is 1. The molecular formula is C20H24N2O7S. The highest BCUT2D eigenvalue weighted by Gasteiger charge is 2.25. The molecule has 0 spiro atoms. The normalized spacial score (nSPS) is 10.8. The molecule has 30 heavy (non-hydrogen) atoms. The first-order valence-electron chi connectivity index (χ1n) is 8.97. The van der Waals surface area contributed by atoms with E-state index < -0.39 is 28.4 Å². The fourth-order valence-electron chi connectivity index (χ4n) is 2.67. The van der Waals surface area contributed by atoms with E-state index in [1.807, 2.05) is 0 Å². The Hall–Kier alpha value is -3.27. The predicted octanol–water partition coefficient (Wildman–Crippen LogP) is 2.29. The molecule has 0 fully saturated rings. The van der Waals surface area contributed by atoms with Crippen molar-refractivity contribution in [1.29, 1.82) is 0 Å². The Balaban J connectivity index is 2.35. The molecule has 0 atom stereocenters. The quantitative estimate of drug-likeness (QED) is 0.600. The summed E-state index contributed by atoms with van der Waals surface area (Å²) in [6.45, 7) is 1.31.